The number of hydrogen-bond acceptors (Lipinski definition) is 6. The van der Waals surface area contributed by atoms with E-state index in [0.717, 1.165) is 17.7 Å². The minimum absolute atomic E-state index is 0.225. The molecule has 0 atom stereocenters. The van der Waals surface area contributed by atoms with Crippen molar-refractivity contribution in [1.29, 1.82) is 0 Å². The van der Waals surface area contributed by atoms with E-state index in [1.807, 2.05) is 6.92 Å². The Morgan fingerprint density at radius 1 is 0.957 bits per heavy atom. The van der Waals surface area contributed by atoms with E-state index in [1.54, 1.807) is 12.1 Å². The first-order valence-electron chi connectivity index (χ1n) is 6.23. The molecule has 0 aliphatic heterocycles. The normalized spacial score (nSPS) is 11.0. The van der Waals surface area contributed by atoms with E-state index in [9.17, 15) is 28.6 Å². The highest BCUT2D eigenvalue weighted by Crippen LogP contribution is 2.29. The summed E-state index contributed by atoms with van der Waals surface area (Å²) in [5.74, 6) is 0. The highest BCUT2D eigenvalue weighted by molar-refractivity contribution is 7.92. The van der Waals surface area contributed by atoms with Crippen LogP contribution in [0.4, 0.5) is 17.1 Å². The van der Waals surface area contributed by atoms with Crippen LogP contribution >= 0.6 is 0 Å². The maximum Gasteiger partial charge on any atom is 0.296 e. The van der Waals surface area contributed by atoms with Crippen LogP contribution in [0.2, 0.25) is 0 Å². The lowest BCUT2D eigenvalue weighted by Gasteiger charge is -2.08. The fourth-order valence-corrected chi connectivity index (χ4v) is 3.03. The van der Waals surface area contributed by atoms with Crippen molar-refractivity contribution in [2.24, 2.45) is 0 Å². The number of nitro groups is 2. The molecule has 0 aliphatic carbocycles. The number of nitro benzene ring substituents is 2. The first kappa shape index (κ1) is 16.4. The molecule has 0 spiro atoms. The summed E-state index contributed by atoms with van der Waals surface area (Å²) in [6, 6.07) is 8.70. The van der Waals surface area contributed by atoms with Crippen LogP contribution in [0.5, 0.6) is 0 Å². The summed E-state index contributed by atoms with van der Waals surface area (Å²) in [5, 5.41) is 21.7. The molecule has 2 aromatic rings. The highest BCUT2D eigenvalue weighted by atomic mass is 32.2. The Kier molecular flexibility index (Phi) is 4.27. The van der Waals surface area contributed by atoms with Gasteiger partial charge in [-0.2, -0.15) is 0 Å². The van der Waals surface area contributed by atoms with Crippen molar-refractivity contribution < 1.29 is 18.3 Å². The Labute approximate surface area is 130 Å². The summed E-state index contributed by atoms with van der Waals surface area (Å²) in [7, 11) is -4.26. The molecule has 10 heteroatoms. The molecule has 1 N–H and O–H groups in total. The van der Waals surface area contributed by atoms with Gasteiger partial charge < -0.3 is 0 Å². The van der Waals surface area contributed by atoms with E-state index in [-0.39, 0.29) is 5.69 Å². The molecule has 0 radical (unpaired) electrons. The lowest BCUT2D eigenvalue weighted by atomic mass is 10.2. The molecule has 23 heavy (non-hydrogen) atoms. The minimum atomic E-state index is -4.26. The molecule has 2 aromatic carbocycles. The average molecular weight is 337 g/mol. The Bertz CT molecular complexity index is 877. The summed E-state index contributed by atoms with van der Waals surface area (Å²) in [6.07, 6.45) is 0. The lowest BCUT2D eigenvalue weighted by Crippen LogP contribution is -2.15. The lowest BCUT2D eigenvalue weighted by molar-refractivity contribution is -0.396. The number of nitrogens with zero attached hydrogens (tertiary/aromatic N) is 2. The van der Waals surface area contributed by atoms with Crippen molar-refractivity contribution in [1.82, 2.24) is 0 Å². The van der Waals surface area contributed by atoms with E-state index in [0.29, 0.717) is 6.07 Å². The van der Waals surface area contributed by atoms with Crippen molar-refractivity contribution in [2.75, 3.05) is 4.72 Å². The Hall–Kier alpha value is -3.01. The molecular formula is C13H11N3O6S. The average Bonchev–Trinajstić information content (AvgIpc) is 2.48. The Balaban J connectivity index is 2.48. The van der Waals surface area contributed by atoms with Gasteiger partial charge in [-0.1, -0.05) is 17.7 Å². The van der Waals surface area contributed by atoms with Crippen LogP contribution < -0.4 is 4.72 Å². The Morgan fingerprint density at radius 3 is 2.09 bits per heavy atom. The van der Waals surface area contributed by atoms with E-state index in [2.05, 4.69) is 4.72 Å². The van der Waals surface area contributed by atoms with Crippen LogP contribution in [-0.2, 0) is 10.0 Å². The molecule has 0 bridgehead atoms. The fraction of sp³-hybridized carbons (Fsp3) is 0.0769. The van der Waals surface area contributed by atoms with Gasteiger partial charge in [0.25, 0.3) is 21.4 Å². The second-order valence-electron chi connectivity index (χ2n) is 4.64. The summed E-state index contributed by atoms with van der Waals surface area (Å²) in [6.45, 7) is 1.82. The van der Waals surface area contributed by atoms with Crippen LogP contribution in [0, 0.1) is 27.2 Å². The number of non-ortho nitro benzene ring substituents is 1. The van der Waals surface area contributed by atoms with Gasteiger partial charge in [-0.3, -0.25) is 25.0 Å². The van der Waals surface area contributed by atoms with Gasteiger partial charge in [0.1, 0.15) is 0 Å². The van der Waals surface area contributed by atoms with Crippen molar-refractivity contribution in [3.63, 3.8) is 0 Å². The molecule has 0 heterocycles. The van der Waals surface area contributed by atoms with Gasteiger partial charge in [-0.05, 0) is 25.1 Å². The molecule has 0 unspecified atom stereocenters. The molecular weight excluding hydrogens is 326 g/mol. The highest BCUT2D eigenvalue weighted by Gasteiger charge is 2.28. The minimum Gasteiger partial charge on any atom is -0.279 e. The van der Waals surface area contributed by atoms with Crippen LogP contribution in [-0.4, -0.2) is 18.3 Å². The largest absolute Gasteiger partial charge is 0.296 e. The molecule has 0 saturated carbocycles. The van der Waals surface area contributed by atoms with Gasteiger partial charge in [0.2, 0.25) is 0 Å². The summed E-state index contributed by atoms with van der Waals surface area (Å²) in [5.41, 5.74) is -0.290. The number of hydrogen-bond donors (Lipinski definition) is 1. The van der Waals surface area contributed by atoms with Crippen LogP contribution in [0.1, 0.15) is 5.56 Å². The molecule has 120 valence electrons. The molecule has 0 amide bonds. The summed E-state index contributed by atoms with van der Waals surface area (Å²) < 4.78 is 26.8. The van der Waals surface area contributed by atoms with Crippen molar-refractivity contribution in [3.05, 3.63) is 68.3 Å². The van der Waals surface area contributed by atoms with Crippen molar-refractivity contribution in [2.45, 2.75) is 11.8 Å². The number of rotatable bonds is 5. The summed E-state index contributed by atoms with van der Waals surface area (Å²) >= 11 is 0. The quantitative estimate of drug-likeness (QED) is 0.658. The SMILES string of the molecule is Cc1ccc(NS(=O)(=O)c2ccc([N+](=O)[O-])cc2[N+](=O)[O-])cc1. The van der Waals surface area contributed by atoms with Gasteiger partial charge in [-0.15, -0.1) is 0 Å². The zero-order chi connectivity index (χ0) is 17.2. The van der Waals surface area contributed by atoms with Crippen LogP contribution in [0.3, 0.4) is 0 Å². The molecule has 0 aromatic heterocycles. The van der Waals surface area contributed by atoms with Crippen LogP contribution in [0.15, 0.2) is 47.4 Å². The zero-order valence-electron chi connectivity index (χ0n) is 11.8. The zero-order valence-corrected chi connectivity index (χ0v) is 12.6. The van der Waals surface area contributed by atoms with Crippen molar-refractivity contribution in [3.8, 4) is 0 Å². The standard InChI is InChI=1S/C13H11N3O6S/c1-9-2-4-10(5-3-9)14-23(21,22)13-7-6-11(15(17)18)8-12(13)16(19)20/h2-8,14H,1H3. The van der Waals surface area contributed by atoms with Gasteiger partial charge in [-0.25, -0.2) is 8.42 Å². The van der Waals surface area contributed by atoms with Gasteiger partial charge in [0.15, 0.2) is 4.90 Å². The molecule has 0 aliphatic rings. The molecule has 0 saturated heterocycles. The second-order valence-corrected chi connectivity index (χ2v) is 6.29. The molecule has 2 rings (SSSR count). The van der Waals surface area contributed by atoms with E-state index >= 15 is 0 Å². The van der Waals surface area contributed by atoms with E-state index < -0.39 is 36.1 Å². The number of sulfonamides is 1. The topological polar surface area (TPSA) is 132 Å². The third-order valence-electron chi connectivity index (χ3n) is 2.94. The predicted octanol–water partition coefficient (Wildman–Crippen LogP) is 2.61. The van der Waals surface area contributed by atoms with Crippen molar-refractivity contribution >= 4 is 27.1 Å². The van der Waals surface area contributed by atoms with E-state index in [1.165, 1.54) is 12.1 Å². The fourth-order valence-electron chi connectivity index (χ4n) is 1.82. The number of anilines is 1. The smallest absolute Gasteiger partial charge is 0.279 e. The second kappa shape index (κ2) is 6.01. The Morgan fingerprint density at radius 2 is 1.57 bits per heavy atom. The number of aryl methyl sites for hydroxylation is 1. The number of benzene rings is 2. The third-order valence-corrected chi connectivity index (χ3v) is 4.37. The van der Waals surface area contributed by atoms with Gasteiger partial charge >= 0.3 is 0 Å². The van der Waals surface area contributed by atoms with E-state index in [4.69, 9.17) is 0 Å². The van der Waals surface area contributed by atoms with Gasteiger partial charge in [0.05, 0.1) is 15.9 Å². The van der Waals surface area contributed by atoms with Crippen LogP contribution in [0.25, 0.3) is 0 Å². The monoisotopic (exact) mass is 337 g/mol. The first-order chi connectivity index (χ1) is 10.7. The molecule has 0 fully saturated rings. The predicted molar refractivity (Wildman–Crippen MR) is 81.7 cm³/mol. The maximum absolute atomic E-state index is 12.3. The van der Waals surface area contributed by atoms with Gasteiger partial charge in [0, 0.05) is 11.8 Å². The summed E-state index contributed by atoms with van der Waals surface area (Å²) in [4.78, 5) is 19.3. The maximum atomic E-state index is 12.3. The number of nitrogens with one attached hydrogen (secondary N) is 1. The third kappa shape index (κ3) is 3.61. The molecule has 9 nitrogen and oxygen atoms in total. The first-order valence-corrected chi connectivity index (χ1v) is 7.71.